The summed E-state index contributed by atoms with van der Waals surface area (Å²) < 4.78 is 0. The Morgan fingerprint density at radius 1 is 1.40 bits per heavy atom. The van der Waals surface area contributed by atoms with Crippen molar-refractivity contribution in [3.63, 3.8) is 0 Å². The van der Waals surface area contributed by atoms with Gasteiger partial charge in [-0.3, -0.25) is 0 Å². The third-order valence-corrected chi connectivity index (χ3v) is 3.76. The van der Waals surface area contributed by atoms with Gasteiger partial charge in [0.1, 0.15) is 0 Å². The van der Waals surface area contributed by atoms with Crippen LogP contribution < -0.4 is 5.32 Å². The van der Waals surface area contributed by atoms with E-state index in [0.717, 1.165) is 6.54 Å². The maximum atomic E-state index is 3.57. The molecule has 0 aliphatic heterocycles. The third kappa shape index (κ3) is 4.35. The van der Waals surface area contributed by atoms with Crippen molar-refractivity contribution in [2.45, 2.75) is 53.0 Å². The largest absolute Gasteiger partial charge is 0.314 e. The van der Waals surface area contributed by atoms with Crippen LogP contribution in [0.1, 0.15) is 42.0 Å². The molecule has 0 bridgehead atoms. The van der Waals surface area contributed by atoms with E-state index in [0.29, 0.717) is 6.04 Å². The van der Waals surface area contributed by atoms with Gasteiger partial charge >= 0.3 is 0 Å². The molecule has 0 amide bonds. The van der Waals surface area contributed by atoms with E-state index in [1.165, 1.54) is 34.6 Å². The number of hydrogen-bond donors (Lipinski definition) is 1. The summed E-state index contributed by atoms with van der Waals surface area (Å²) in [5, 5.41) is 3.57. The highest BCUT2D eigenvalue weighted by Gasteiger charge is 2.03. The van der Waals surface area contributed by atoms with Gasteiger partial charge in [-0.2, -0.15) is 0 Å². The molecule has 0 spiro atoms. The molecule has 0 aliphatic carbocycles. The van der Waals surface area contributed by atoms with E-state index in [-0.39, 0.29) is 0 Å². The monoisotopic (exact) mass is 225 g/mol. The predicted molar refractivity (Wildman–Crippen MR) is 69.9 cm³/mol. The molecule has 2 heteroatoms. The first-order chi connectivity index (χ1) is 7.13. The Bertz CT molecular complexity index is 291. The Hall–Kier alpha value is -0.340. The minimum atomic E-state index is 0.662. The van der Waals surface area contributed by atoms with Crippen LogP contribution in [0.15, 0.2) is 6.07 Å². The highest BCUT2D eigenvalue weighted by Crippen LogP contribution is 2.20. The van der Waals surface area contributed by atoms with E-state index in [1.54, 1.807) is 0 Å². The zero-order valence-electron chi connectivity index (χ0n) is 10.4. The molecular weight excluding hydrogens is 202 g/mol. The van der Waals surface area contributed by atoms with Crippen LogP contribution in [0.3, 0.4) is 0 Å². The van der Waals surface area contributed by atoms with Crippen molar-refractivity contribution in [3.8, 4) is 0 Å². The summed E-state index contributed by atoms with van der Waals surface area (Å²) in [4.78, 5) is 2.92. The van der Waals surface area contributed by atoms with Crippen LogP contribution in [0.2, 0.25) is 0 Å². The summed E-state index contributed by atoms with van der Waals surface area (Å²) in [6.07, 6.45) is 3.72. The van der Waals surface area contributed by atoms with E-state index in [4.69, 9.17) is 0 Å². The lowest BCUT2D eigenvalue weighted by Gasteiger charge is -2.12. The molecule has 1 N–H and O–H groups in total. The summed E-state index contributed by atoms with van der Waals surface area (Å²) in [6, 6.07) is 2.99. The standard InChI is InChI=1S/C13H23NS/c1-5-6-10(2)14-8-7-13-9-11(3)15-12(13)4/h9-10,14H,5-8H2,1-4H3. The second-order valence-corrected chi connectivity index (χ2v) is 5.79. The normalized spacial score (nSPS) is 13.1. The van der Waals surface area contributed by atoms with Crippen LogP contribution in [0, 0.1) is 13.8 Å². The molecule has 86 valence electrons. The summed E-state index contributed by atoms with van der Waals surface area (Å²) in [5.41, 5.74) is 1.52. The zero-order valence-corrected chi connectivity index (χ0v) is 11.2. The topological polar surface area (TPSA) is 12.0 Å². The van der Waals surface area contributed by atoms with Gasteiger partial charge < -0.3 is 5.32 Å². The quantitative estimate of drug-likeness (QED) is 0.778. The molecule has 1 aromatic rings. The van der Waals surface area contributed by atoms with Crippen molar-refractivity contribution >= 4 is 11.3 Å². The minimum Gasteiger partial charge on any atom is -0.314 e. The van der Waals surface area contributed by atoms with Crippen molar-refractivity contribution in [1.29, 1.82) is 0 Å². The lowest BCUT2D eigenvalue weighted by atomic mass is 10.1. The van der Waals surface area contributed by atoms with E-state index in [2.05, 4.69) is 39.1 Å². The summed E-state index contributed by atoms with van der Waals surface area (Å²) in [7, 11) is 0. The van der Waals surface area contributed by atoms with Crippen molar-refractivity contribution in [1.82, 2.24) is 5.32 Å². The maximum absolute atomic E-state index is 3.57. The van der Waals surface area contributed by atoms with Gasteiger partial charge in [0.25, 0.3) is 0 Å². The lowest BCUT2D eigenvalue weighted by molar-refractivity contribution is 0.512. The van der Waals surface area contributed by atoms with Crippen LogP contribution in [0.4, 0.5) is 0 Å². The Balaban J connectivity index is 2.28. The first-order valence-corrected chi connectivity index (χ1v) is 6.74. The Morgan fingerprint density at radius 3 is 2.67 bits per heavy atom. The van der Waals surface area contributed by atoms with Gasteiger partial charge in [-0.25, -0.2) is 0 Å². The fourth-order valence-electron chi connectivity index (χ4n) is 1.92. The minimum absolute atomic E-state index is 0.662. The maximum Gasteiger partial charge on any atom is 0.00495 e. The van der Waals surface area contributed by atoms with Crippen LogP contribution in [-0.4, -0.2) is 12.6 Å². The molecule has 1 atom stereocenters. The Labute approximate surface area is 97.9 Å². The van der Waals surface area contributed by atoms with E-state index < -0.39 is 0 Å². The van der Waals surface area contributed by atoms with Gasteiger partial charge in [0.15, 0.2) is 0 Å². The number of thiophene rings is 1. The first-order valence-electron chi connectivity index (χ1n) is 5.92. The molecule has 0 radical (unpaired) electrons. The molecular formula is C13H23NS. The van der Waals surface area contributed by atoms with Crippen molar-refractivity contribution in [2.24, 2.45) is 0 Å². The second kappa shape index (κ2) is 6.29. The molecule has 1 unspecified atom stereocenters. The molecule has 1 aromatic heterocycles. The number of aryl methyl sites for hydroxylation is 2. The lowest BCUT2D eigenvalue weighted by Crippen LogP contribution is -2.27. The highest BCUT2D eigenvalue weighted by molar-refractivity contribution is 7.12. The molecule has 1 nitrogen and oxygen atoms in total. The SMILES string of the molecule is CCCC(C)NCCc1cc(C)sc1C. The molecule has 0 aliphatic rings. The molecule has 0 fully saturated rings. The number of rotatable bonds is 6. The summed E-state index contributed by atoms with van der Waals surface area (Å²) in [5.74, 6) is 0. The molecule has 1 heterocycles. The molecule has 0 saturated heterocycles. The summed E-state index contributed by atoms with van der Waals surface area (Å²) >= 11 is 1.91. The van der Waals surface area contributed by atoms with Crippen LogP contribution >= 0.6 is 11.3 Å². The molecule has 1 rings (SSSR count). The number of hydrogen-bond acceptors (Lipinski definition) is 2. The van der Waals surface area contributed by atoms with Crippen molar-refractivity contribution in [3.05, 3.63) is 21.4 Å². The van der Waals surface area contributed by atoms with Gasteiger partial charge in [0.05, 0.1) is 0 Å². The Kier molecular flexibility index (Phi) is 5.34. The van der Waals surface area contributed by atoms with E-state index >= 15 is 0 Å². The summed E-state index contributed by atoms with van der Waals surface area (Å²) in [6.45, 7) is 10.0. The van der Waals surface area contributed by atoms with Crippen LogP contribution in [0.25, 0.3) is 0 Å². The molecule has 15 heavy (non-hydrogen) atoms. The average Bonchev–Trinajstić information content (AvgIpc) is 2.46. The van der Waals surface area contributed by atoms with Gasteiger partial charge in [-0.1, -0.05) is 13.3 Å². The van der Waals surface area contributed by atoms with E-state index in [9.17, 15) is 0 Å². The van der Waals surface area contributed by atoms with Gasteiger partial charge in [0.2, 0.25) is 0 Å². The average molecular weight is 225 g/mol. The predicted octanol–water partition coefficient (Wildman–Crippen LogP) is 3.69. The van der Waals surface area contributed by atoms with Gasteiger partial charge in [0, 0.05) is 15.8 Å². The third-order valence-electron chi connectivity index (χ3n) is 2.75. The van der Waals surface area contributed by atoms with Crippen molar-refractivity contribution < 1.29 is 0 Å². The zero-order chi connectivity index (χ0) is 11.3. The number of nitrogens with one attached hydrogen (secondary N) is 1. The first kappa shape index (κ1) is 12.7. The van der Waals surface area contributed by atoms with Crippen LogP contribution in [0.5, 0.6) is 0 Å². The van der Waals surface area contributed by atoms with E-state index in [1.807, 2.05) is 11.3 Å². The van der Waals surface area contributed by atoms with Gasteiger partial charge in [-0.05, 0) is 51.8 Å². The molecule has 0 saturated carbocycles. The fourth-order valence-corrected chi connectivity index (χ4v) is 2.90. The fraction of sp³-hybridized carbons (Fsp3) is 0.692. The second-order valence-electron chi connectivity index (χ2n) is 4.33. The highest BCUT2D eigenvalue weighted by atomic mass is 32.1. The smallest absolute Gasteiger partial charge is 0.00495 e. The van der Waals surface area contributed by atoms with Crippen LogP contribution in [-0.2, 0) is 6.42 Å². The molecule has 0 aromatic carbocycles. The Morgan fingerprint density at radius 2 is 2.13 bits per heavy atom. The van der Waals surface area contributed by atoms with Gasteiger partial charge in [-0.15, -0.1) is 11.3 Å². The van der Waals surface area contributed by atoms with Crippen molar-refractivity contribution in [2.75, 3.05) is 6.54 Å².